The lowest BCUT2D eigenvalue weighted by molar-refractivity contribution is -0.384. The average molecular weight is 314 g/mol. The third-order valence-electron chi connectivity index (χ3n) is 3.65. The van der Waals surface area contributed by atoms with Crippen LogP contribution >= 0.6 is 0 Å². The summed E-state index contributed by atoms with van der Waals surface area (Å²) in [7, 11) is -3.98. The molecule has 0 saturated heterocycles. The van der Waals surface area contributed by atoms with Crippen LogP contribution in [-0.4, -0.2) is 25.4 Å². The van der Waals surface area contributed by atoms with E-state index in [4.69, 9.17) is 10.9 Å². The van der Waals surface area contributed by atoms with Gasteiger partial charge in [-0.1, -0.05) is 12.8 Å². The fourth-order valence-electron chi connectivity index (χ4n) is 2.50. The SMILES string of the molecule is N[C@@H]1CCCC[C@H]1Nc1ccc(S(N)(=O)=O)cc1[N+](=O)[O-]. The highest BCUT2D eigenvalue weighted by atomic mass is 32.2. The first-order valence-electron chi connectivity index (χ1n) is 6.62. The molecule has 2 atom stereocenters. The van der Waals surface area contributed by atoms with Crippen LogP contribution in [-0.2, 0) is 10.0 Å². The molecule has 0 amide bonds. The molecule has 1 saturated carbocycles. The van der Waals surface area contributed by atoms with Crippen LogP contribution in [0.3, 0.4) is 0 Å². The molecule has 9 heteroatoms. The number of primary sulfonamides is 1. The quantitative estimate of drug-likeness (QED) is 0.557. The Bertz CT molecular complexity index is 647. The molecule has 0 aromatic heterocycles. The van der Waals surface area contributed by atoms with Crippen LogP contribution in [0.1, 0.15) is 25.7 Å². The van der Waals surface area contributed by atoms with Crippen molar-refractivity contribution in [2.24, 2.45) is 10.9 Å². The van der Waals surface area contributed by atoms with E-state index in [0.717, 1.165) is 31.7 Å². The van der Waals surface area contributed by atoms with Crippen LogP contribution in [0.2, 0.25) is 0 Å². The summed E-state index contributed by atoms with van der Waals surface area (Å²) in [6.45, 7) is 0. The molecule has 0 radical (unpaired) electrons. The van der Waals surface area contributed by atoms with E-state index < -0.39 is 14.9 Å². The maximum Gasteiger partial charge on any atom is 0.293 e. The monoisotopic (exact) mass is 314 g/mol. The van der Waals surface area contributed by atoms with Crippen molar-refractivity contribution >= 4 is 21.4 Å². The highest BCUT2D eigenvalue weighted by molar-refractivity contribution is 7.89. The van der Waals surface area contributed by atoms with Crippen LogP contribution < -0.4 is 16.2 Å². The third-order valence-corrected chi connectivity index (χ3v) is 4.57. The number of nitrogens with two attached hydrogens (primary N) is 2. The second kappa shape index (κ2) is 5.96. The van der Waals surface area contributed by atoms with Crippen molar-refractivity contribution in [3.63, 3.8) is 0 Å². The Morgan fingerprint density at radius 1 is 1.29 bits per heavy atom. The van der Waals surface area contributed by atoms with E-state index >= 15 is 0 Å². The van der Waals surface area contributed by atoms with Crippen molar-refractivity contribution < 1.29 is 13.3 Å². The van der Waals surface area contributed by atoms with E-state index in [1.54, 1.807) is 0 Å². The van der Waals surface area contributed by atoms with E-state index in [1.807, 2.05) is 0 Å². The van der Waals surface area contributed by atoms with Gasteiger partial charge in [0, 0.05) is 18.2 Å². The highest BCUT2D eigenvalue weighted by Gasteiger charge is 2.25. The number of hydrogen-bond acceptors (Lipinski definition) is 6. The first-order chi connectivity index (χ1) is 9.79. The molecule has 1 aliphatic carbocycles. The van der Waals surface area contributed by atoms with Gasteiger partial charge in [-0.05, 0) is 25.0 Å². The molecule has 2 rings (SSSR count). The molecule has 0 unspecified atom stereocenters. The minimum atomic E-state index is -3.98. The van der Waals surface area contributed by atoms with Gasteiger partial charge in [0.1, 0.15) is 5.69 Å². The fraction of sp³-hybridized carbons (Fsp3) is 0.500. The normalized spacial score (nSPS) is 22.8. The lowest BCUT2D eigenvalue weighted by Crippen LogP contribution is -2.42. The molecule has 5 N–H and O–H groups in total. The first-order valence-corrected chi connectivity index (χ1v) is 8.17. The summed E-state index contributed by atoms with van der Waals surface area (Å²) in [6.07, 6.45) is 3.75. The summed E-state index contributed by atoms with van der Waals surface area (Å²) in [5.41, 5.74) is 5.94. The van der Waals surface area contributed by atoms with Gasteiger partial charge in [-0.3, -0.25) is 10.1 Å². The van der Waals surface area contributed by atoms with Crippen LogP contribution in [0, 0.1) is 10.1 Å². The number of rotatable bonds is 4. The molecular formula is C12H18N4O4S. The second-order valence-corrected chi connectivity index (χ2v) is 6.74. The number of benzene rings is 1. The summed E-state index contributed by atoms with van der Waals surface area (Å²) in [5.74, 6) is 0. The smallest absolute Gasteiger partial charge is 0.293 e. The number of hydrogen-bond donors (Lipinski definition) is 3. The van der Waals surface area contributed by atoms with E-state index in [-0.39, 0.29) is 28.4 Å². The number of nitro benzene ring substituents is 1. The first kappa shape index (κ1) is 15.7. The Morgan fingerprint density at radius 3 is 2.52 bits per heavy atom. The zero-order valence-corrected chi connectivity index (χ0v) is 12.2. The van der Waals surface area contributed by atoms with Crippen molar-refractivity contribution in [3.05, 3.63) is 28.3 Å². The van der Waals surface area contributed by atoms with Crippen LogP contribution in [0.25, 0.3) is 0 Å². The van der Waals surface area contributed by atoms with Gasteiger partial charge in [-0.25, -0.2) is 13.6 Å². The van der Waals surface area contributed by atoms with Gasteiger partial charge in [-0.15, -0.1) is 0 Å². The number of nitrogens with zero attached hydrogens (tertiary/aromatic N) is 1. The van der Waals surface area contributed by atoms with Gasteiger partial charge >= 0.3 is 0 Å². The van der Waals surface area contributed by atoms with Crippen LogP contribution in [0.5, 0.6) is 0 Å². The minimum absolute atomic E-state index is 0.0576. The van der Waals surface area contributed by atoms with Crippen molar-refractivity contribution in [2.75, 3.05) is 5.32 Å². The van der Waals surface area contributed by atoms with Crippen molar-refractivity contribution in [1.29, 1.82) is 0 Å². The number of nitro groups is 1. The number of sulfonamides is 1. The summed E-state index contributed by atoms with van der Waals surface area (Å²) in [6, 6.07) is 3.44. The summed E-state index contributed by atoms with van der Waals surface area (Å²) in [5, 5.41) is 19.2. The molecule has 8 nitrogen and oxygen atoms in total. The third kappa shape index (κ3) is 3.69. The predicted molar refractivity (Wildman–Crippen MR) is 78.3 cm³/mol. The van der Waals surface area contributed by atoms with Gasteiger partial charge in [0.2, 0.25) is 10.0 Å². The molecule has 0 bridgehead atoms. The van der Waals surface area contributed by atoms with Gasteiger partial charge in [0.25, 0.3) is 5.69 Å². The van der Waals surface area contributed by atoms with Crippen LogP contribution in [0.15, 0.2) is 23.1 Å². The van der Waals surface area contributed by atoms with E-state index in [2.05, 4.69) is 5.32 Å². The Balaban J connectivity index is 2.32. The highest BCUT2D eigenvalue weighted by Crippen LogP contribution is 2.30. The predicted octanol–water partition coefficient (Wildman–Crippen LogP) is 0.924. The summed E-state index contributed by atoms with van der Waals surface area (Å²) < 4.78 is 22.6. The molecule has 1 aromatic rings. The molecule has 1 aliphatic rings. The van der Waals surface area contributed by atoms with Gasteiger partial charge in [0.15, 0.2) is 0 Å². The lowest BCUT2D eigenvalue weighted by atomic mass is 9.91. The van der Waals surface area contributed by atoms with E-state index in [9.17, 15) is 18.5 Å². The van der Waals surface area contributed by atoms with E-state index in [0.29, 0.717) is 0 Å². The molecule has 1 fully saturated rings. The fourth-order valence-corrected chi connectivity index (χ4v) is 3.03. The molecule has 1 aromatic carbocycles. The van der Waals surface area contributed by atoms with Crippen molar-refractivity contribution in [2.45, 2.75) is 42.7 Å². The summed E-state index contributed by atoms with van der Waals surface area (Å²) in [4.78, 5) is 10.2. The van der Waals surface area contributed by atoms with E-state index in [1.165, 1.54) is 12.1 Å². The van der Waals surface area contributed by atoms with Gasteiger partial charge in [0.05, 0.1) is 9.82 Å². The average Bonchev–Trinajstić information content (AvgIpc) is 2.40. The standard InChI is InChI=1S/C12H18N4O4S/c13-9-3-1-2-4-10(9)15-11-6-5-8(21(14,19)20)7-12(11)16(17)18/h5-7,9-10,15H,1-4,13H2,(H2,14,19,20)/t9-,10-/m1/s1. The molecule has 0 aliphatic heterocycles. The molecule has 0 heterocycles. The second-order valence-electron chi connectivity index (χ2n) is 5.18. The number of nitrogens with one attached hydrogen (secondary N) is 1. The van der Waals surface area contributed by atoms with Gasteiger partial charge in [-0.2, -0.15) is 0 Å². The summed E-state index contributed by atoms with van der Waals surface area (Å²) >= 11 is 0. The van der Waals surface area contributed by atoms with Crippen molar-refractivity contribution in [3.8, 4) is 0 Å². The Morgan fingerprint density at radius 2 is 1.95 bits per heavy atom. The Hall–Kier alpha value is -1.71. The Labute approximate surface area is 122 Å². The number of anilines is 1. The molecule has 21 heavy (non-hydrogen) atoms. The maximum atomic E-state index is 11.3. The van der Waals surface area contributed by atoms with Gasteiger partial charge < -0.3 is 11.1 Å². The zero-order chi connectivity index (χ0) is 15.6. The molecule has 0 spiro atoms. The van der Waals surface area contributed by atoms with Crippen LogP contribution in [0.4, 0.5) is 11.4 Å². The topological polar surface area (TPSA) is 141 Å². The minimum Gasteiger partial charge on any atom is -0.375 e. The maximum absolute atomic E-state index is 11.3. The molecular weight excluding hydrogens is 296 g/mol. The molecule has 116 valence electrons. The largest absolute Gasteiger partial charge is 0.375 e. The lowest BCUT2D eigenvalue weighted by Gasteiger charge is -2.30. The van der Waals surface area contributed by atoms with Crippen molar-refractivity contribution in [1.82, 2.24) is 0 Å². The zero-order valence-electron chi connectivity index (χ0n) is 11.4. The Kier molecular flexibility index (Phi) is 4.45.